The van der Waals surface area contributed by atoms with Crippen molar-refractivity contribution in [1.82, 2.24) is 9.97 Å². The molecular weight excluding hydrogens is 569 g/mol. The Morgan fingerprint density at radius 2 is 1.04 bits per heavy atom. The SMILES string of the molecule is CC1(C)c2ccccc2-c2c(-c3nc(-c4ccccc4)cc(-c4ccc5ccccc5c4)n3)cc3cccc(-c4ccccc4)c3c21. The number of nitrogens with zero attached hydrogens (tertiary/aromatic N) is 2. The van der Waals surface area contributed by atoms with Gasteiger partial charge >= 0.3 is 0 Å². The Kier molecular flexibility index (Phi) is 6.20. The average Bonchev–Trinajstić information content (AvgIpc) is 3.38. The number of hydrogen-bond donors (Lipinski definition) is 0. The molecule has 0 atom stereocenters. The fourth-order valence-corrected chi connectivity index (χ4v) is 7.60. The minimum Gasteiger partial charge on any atom is -0.228 e. The Labute approximate surface area is 275 Å². The van der Waals surface area contributed by atoms with Crippen LogP contribution in [0.4, 0.5) is 0 Å². The normalized spacial score (nSPS) is 13.1. The van der Waals surface area contributed by atoms with Crippen LogP contribution in [0.3, 0.4) is 0 Å². The molecule has 9 rings (SSSR count). The Morgan fingerprint density at radius 1 is 0.426 bits per heavy atom. The number of hydrogen-bond acceptors (Lipinski definition) is 2. The summed E-state index contributed by atoms with van der Waals surface area (Å²) in [5.41, 5.74) is 12.5. The molecule has 0 N–H and O–H groups in total. The second-order valence-electron chi connectivity index (χ2n) is 13.0. The van der Waals surface area contributed by atoms with E-state index in [1.165, 1.54) is 54.9 Å². The van der Waals surface area contributed by atoms with Crippen molar-refractivity contribution in [2.24, 2.45) is 0 Å². The van der Waals surface area contributed by atoms with E-state index in [9.17, 15) is 0 Å². The summed E-state index contributed by atoms with van der Waals surface area (Å²) in [6.07, 6.45) is 0. The summed E-state index contributed by atoms with van der Waals surface area (Å²) in [5, 5.41) is 4.91. The van der Waals surface area contributed by atoms with Gasteiger partial charge in [-0.1, -0.05) is 153 Å². The first kappa shape index (κ1) is 27.5. The third-order valence-corrected chi connectivity index (χ3v) is 9.83. The molecule has 0 aliphatic heterocycles. The van der Waals surface area contributed by atoms with Gasteiger partial charge < -0.3 is 0 Å². The second kappa shape index (κ2) is 10.6. The minimum absolute atomic E-state index is 0.219. The lowest BCUT2D eigenvalue weighted by Crippen LogP contribution is -2.16. The molecule has 0 bridgehead atoms. The first-order valence-corrected chi connectivity index (χ1v) is 16.3. The van der Waals surface area contributed by atoms with Gasteiger partial charge in [-0.25, -0.2) is 9.97 Å². The molecule has 1 aliphatic carbocycles. The third kappa shape index (κ3) is 4.40. The zero-order valence-electron chi connectivity index (χ0n) is 26.4. The average molecular weight is 601 g/mol. The van der Waals surface area contributed by atoms with E-state index in [1.54, 1.807) is 0 Å². The molecular formula is C45H32N2. The molecule has 8 aromatic rings. The Bertz CT molecular complexity index is 2480. The van der Waals surface area contributed by atoms with Crippen LogP contribution < -0.4 is 0 Å². The van der Waals surface area contributed by atoms with E-state index in [0.29, 0.717) is 0 Å². The molecule has 222 valence electrons. The molecule has 0 amide bonds. The summed E-state index contributed by atoms with van der Waals surface area (Å²) in [4.78, 5) is 10.7. The van der Waals surface area contributed by atoms with Gasteiger partial charge in [-0.2, -0.15) is 0 Å². The summed E-state index contributed by atoms with van der Waals surface area (Å²) >= 11 is 0. The van der Waals surface area contributed by atoms with E-state index < -0.39 is 0 Å². The van der Waals surface area contributed by atoms with E-state index in [2.05, 4.69) is 172 Å². The molecule has 2 nitrogen and oxygen atoms in total. The van der Waals surface area contributed by atoms with Crippen LogP contribution in [-0.4, -0.2) is 9.97 Å². The second-order valence-corrected chi connectivity index (χ2v) is 13.0. The van der Waals surface area contributed by atoms with Crippen molar-refractivity contribution in [3.63, 3.8) is 0 Å². The van der Waals surface area contributed by atoms with Crippen LogP contribution in [0.15, 0.2) is 158 Å². The highest BCUT2D eigenvalue weighted by Crippen LogP contribution is 2.56. The maximum absolute atomic E-state index is 5.38. The predicted octanol–water partition coefficient (Wildman–Crippen LogP) is 11.8. The van der Waals surface area contributed by atoms with Crippen molar-refractivity contribution < 1.29 is 0 Å². The smallest absolute Gasteiger partial charge is 0.161 e. The van der Waals surface area contributed by atoms with Gasteiger partial charge in [0.25, 0.3) is 0 Å². The largest absolute Gasteiger partial charge is 0.228 e. The summed E-state index contributed by atoms with van der Waals surface area (Å²) in [6, 6.07) is 56.4. The van der Waals surface area contributed by atoms with Crippen LogP contribution in [0, 0.1) is 0 Å². The number of rotatable bonds is 4. The van der Waals surface area contributed by atoms with Crippen molar-refractivity contribution in [1.29, 1.82) is 0 Å². The highest BCUT2D eigenvalue weighted by Gasteiger charge is 2.39. The molecule has 2 heteroatoms. The quantitative estimate of drug-likeness (QED) is 0.201. The van der Waals surface area contributed by atoms with Gasteiger partial charge in [0.2, 0.25) is 0 Å². The summed E-state index contributed by atoms with van der Waals surface area (Å²) in [5.74, 6) is 0.741. The molecule has 7 aromatic carbocycles. The van der Waals surface area contributed by atoms with Gasteiger partial charge in [0, 0.05) is 22.1 Å². The van der Waals surface area contributed by atoms with Crippen LogP contribution in [-0.2, 0) is 5.41 Å². The predicted molar refractivity (Wildman–Crippen MR) is 196 cm³/mol. The summed E-state index contributed by atoms with van der Waals surface area (Å²) < 4.78 is 0. The fourth-order valence-electron chi connectivity index (χ4n) is 7.60. The van der Waals surface area contributed by atoms with Gasteiger partial charge in [0.15, 0.2) is 5.82 Å². The molecule has 47 heavy (non-hydrogen) atoms. The van der Waals surface area contributed by atoms with E-state index in [-0.39, 0.29) is 5.41 Å². The van der Waals surface area contributed by atoms with Crippen LogP contribution in [0.1, 0.15) is 25.0 Å². The fraction of sp³-hybridized carbons (Fsp3) is 0.0667. The standard InChI is InChI=1S/C45H32N2/c1-45(2)38-23-12-11-21-36(38)42-37(27-34-20-13-22-35(41(34)43(42)45)30-15-5-3-6-16-30)44-46-39(31-17-7-4-8-18-31)28-40(47-44)33-25-24-29-14-9-10-19-32(29)26-33/h3-28H,1-2H3. The molecule has 0 fully saturated rings. The third-order valence-electron chi connectivity index (χ3n) is 9.83. The van der Waals surface area contributed by atoms with Gasteiger partial charge in [-0.15, -0.1) is 0 Å². The van der Waals surface area contributed by atoms with E-state index in [1.807, 2.05) is 0 Å². The number of aromatic nitrogens is 2. The zero-order valence-corrected chi connectivity index (χ0v) is 26.4. The van der Waals surface area contributed by atoms with Crippen molar-refractivity contribution in [2.75, 3.05) is 0 Å². The van der Waals surface area contributed by atoms with Crippen LogP contribution in [0.5, 0.6) is 0 Å². The highest BCUT2D eigenvalue weighted by atomic mass is 14.9. The monoisotopic (exact) mass is 600 g/mol. The number of benzene rings is 7. The number of fused-ring (bicyclic) bond motifs is 6. The van der Waals surface area contributed by atoms with E-state index in [0.717, 1.165) is 33.9 Å². The molecule has 0 saturated carbocycles. The lowest BCUT2D eigenvalue weighted by atomic mass is 9.78. The Balaban J connectivity index is 1.38. The van der Waals surface area contributed by atoms with Gasteiger partial charge in [0.1, 0.15) is 0 Å². The highest BCUT2D eigenvalue weighted by molar-refractivity contribution is 6.09. The molecule has 0 unspecified atom stereocenters. The molecule has 1 aliphatic rings. The Hall–Kier alpha value is -5.86. The molecule has 0 saturated heterocycles. The first-order chi connectivity index (χ1) is 23.1. The van der Waals surface area contributed by atoms with E-state index >= 15 is 0 Å². The van der Waals surface area contributed by atoms with Crippen LogP contribution in [0.2, 0.25) is 0 Å². The molecule has 0 spiro atoms. The van der Waals surface area contributed by atoms with Crippen LogP contribution in [0.25, 0.3) is 77.7 Å². The van der Waals surface area contributed by atoms with Crippen molar-refractivity contribution in [2.45, 2.75) is 19.3 Å². The molecule has 1 heterocycles. The Morgan fingerprint density at radius 3 is 1.83 bits per heavy atom. The van der Waals surface area contributed by atoms with Crippen molar-refractivity contribution >= 4 is 21.5 Å². The van der Waals surface area contributed by atoms with Gasteiger partial charge in [0.05, 0.1) is 11.4 Å². The zero-order chi connectivity index (χ0) is 31.5. The van der Waals surface area contributed by atoms with E-state index in [4.69, 9.17) is 9.97 Å². The van der Waals surface area contributed by atoms with Gasteiger partial charge in [-0.05, 0) is 73.1 Å². The topological polar surface area (TPSA) is 25.8 Å². The van der Waals surface area contributed by atoms with Crippen molar-refractivity contribution in [3.05, 3.63) is 169 Å². The molecule has 0 radical (unpaired) electrons. The minimum atomic E-state index is -0.219. The van der Waals surface area contributed by atoms with Crippen LogP contribution >= 0.6 is 0 Å². The van der Waals surface area contributed by atoms with Gasteiger partial charge in [-0.3, -0.25) is 0 Å². The first-order valence-electron chi connectivity index (χ1n) is 16.3. The maximum atomic E-state index is 5.38. The van der Waals surface area contributed by atoms with Crippen molar-refractivity contribution in [3.8, 4) is 56.2 Å². The molecule has 1 aromatic heterocycles. The lowest BCUT2D eigenvalue weighted by molar-refractivity contribution is 0.666. The lowest BCUT2D eigenvalue weighted by Gasteiger charge is -2.25. The summed E-state index contributed by atoms with van der Waals surface area (Å²) in [7, 11) is 0. The maximum Gasteiger partial charge on any atom is 0.161 e. The summed E-state index contributed by atoms with van der Waals surface area (Å²) in [6.45, 7) is 4.73.